The maximum absolute atomic E-state index is 11.5. The number of alkyl halides is 1. The number of ether oxygens (including phenoxy) is 2. The number of carbonyl (C=O) groups excluding carboxylic acids is 1. The molecule has 0 heterocycles. The summed E-state index contributed by atoms with van der Waals surface area (Å²) in [6.45, 7) is 1.84. The highest BCUT2D eigenvalue weighted by atomic mass is 79.9. The Morgan fingerprint density at radius 1 is 1.40 bits per heavy atom. The second-order valence-electron chi connectivity index (χ2n) is 3.10. The first-order valence-corrected chi connectivity index (χ1v) is 5.58. The van der Waals surface area contributed by atoms with Crippen molar-refractivity contribution in [2.75, 3.05) is 14.2 Å². The van der Waals surface area contributed by atoms with Crippen LogP contribution in [0.4, 0.5) is 0 Å². The molecule has 0 bridgehead atoms. The Labute approximate surface area is 97.5 Å². The number of halogens is 1. The summed E-state index contributed by atoms with van der Waals surface area (Å²) in [4.78, 5) is 11.5. The van der Waals surface area contributed by atoms with Crippen molar-refractivity contribution in [1.82, 2.24) is 0 Å². The van der Waals surface area contributed by atoms with Crippen molar-refractivity contribution >= 4 is 21.9 Å². The fourth-order valence-electron chi connectivity index (χ4n) is 1.36. The van der Waals surface area contributed by atoms with Crippen molar-refractivity contribution in [2.24, 2.45) is 0 Å². The van der Waals surface area contributed by atoms with E-state index in [1.165, 1.54) is 7.11 Å². The van der Waals surface area contributed by atoms with E-state index in [2.05, 4.69) is 15.9 Å². The molecule has 0 atom stereocenters. The predicted molar refractivity (Wildman–Crippen MR) is 61.7 cm³/mol. The van der Waals surface area contributed by atoms with E-state index in [1.54, 1.807) is 13.2 Å². The van der Waals surface area contributed by atoms with Gasteiger partial charge in [-0.3, -0.25) is 0 Å². The van der Waals surface area contributed by atoms with Gasteiger partial charge in [-0.25, -0.2) is 4.79 Å². The predicted octanol–water partition coefficient (Wildman–Crippen LogP) is 2.69. The zero-order chi connectivity index (χ0) is 11.4. The zero-order valence-corrected chi connectivity index (χ0v) is 10.6. The molecule has 15 heavy (non-hydrogen) atoms. The first-order chi connectivity index (χ1) is 7.13. The summed E-state index contributed by atoms with van der Waals surface area (Å²) in [5.41, 5.74) is 2.33. The second-order valence-corrected chi connectivity index (χ2v) is 3.66. The number of benzene rings is 1. The number of methoxy groups -OCH3 is 2. The van der Waals surface area contributed by atoms with Crippen LogP contribution in [0.15, 0.2) is 12.1 Å². The standard InChI is InChI=1S/C11H13BrO3/c1-7-9(11(13)15-3)4-8(6-12)5-10(7)14-2/h4-5H,6H2,1-3H3. The van der Waals surface area contributed by atoms with Crippen LogP contribution >= 0.6 is 15.9 Å². The number of rotatable bonds is 3. The summed E-state index contributed by atoms with van der Waals surface area (Å²) in [6.07, 6.45) is 0. The highest BCUT2D eigenvalue weighted by Gasteiger charge is 2.14. The monoisotopic (exact) mass is 272 g/mol. The van der Waals surface area contributed by atoms with Gasteiger partial charge in [0.05, 0.1) is 19.8 Å². The Bertz CT molecular complexity index is 374. The fraction of sp³-hybridized carbons (Fsp3) is 0.364. The molecule has 1 aromatic rings. The van der Waals surface area contributed by atoms with E-state index in [4.69, 9.17) is 9.47 Å². The summed E-state index contributed by atoms with van der Waals surface area (Å²) in [6, 6.07) is 3.70. The van der Waals surface area contributed by atoms with Gasteiger partial charge < -0.3 is 9.47 Å². The van der Waals surface area contributed by atoms with Gasteiger partial charge in [-0.2, -0.15) is 0 Å². The van der Waals surface area contributed by atoms with Gasteiger partial charge in [0, 0.05) is 10.9 Å². The van der Waals surface area contributed by atoms with Crippen molar-refractivity contribution in [3.8, 4) is 5.75 Å². The molecule has 0 spiro atoms. The van der Waals surface area contributed by atoms with Gasteiger partial charge in [0.25, 0.3) is 0 Å². The van der Waals surface area contributed by atoms with E-state index in [1.807, 2.05) is 13.0 Å². The van der Waals surface area contributed by atoms with Crippen LogP contribution < -0.4 is 4.74 Å². The minimum atomic E-state index is -0.339. The summed E-state index contributed by atoms with van der Waals surface area (Å²) in [7, 11) is 2.95. The number of hydrogen-bond donors (Lipinski definition) is 0. The lowest BCUT2D eigenvalue weighted by atomic mass is 10.0. The van der Waals surface area contributed by atoms with E-state index in [-0.39, 0.29) is 5.97 Å². The van der Waals surface area contributed by atoms with Crippen molar-refractivity contribution in [3.05, 3.63) is 28.8 Å². The van der Waals surface area contributed by atoms with Crippen LogP contribution in [0.5, 0.6) is 5.75 Å². The van der Waals surface area contributed by atoms with Gasteiger partial charge in [0.15, 0.2) is 0 Å². The molecule has 0 aliphatic heterocycles. The quantitative estimate of drug-likeness (QED) is 0.627. The molecule has 0 radical (unpaired) electrons. The van der Waals surface area contributed by atoms with Crippen LogP contribution in [0, 0.1) is 6.92 Å². The largest absolute Gasteiger partial charge is 0.496 e. The topological polar surface area (TPSA) is 35.5 Å². The molecule has 0 aliphatic carbocycles. The molecular formula is C11H13BrO3. The van der Waals surface area contributed by atoms with Crippen molar-refractivity contribution in [1.29, 1.82) is 0 Å². The van der Waals surface area contributed by atoms with E-state index in [0.717, 1.165) is 11.1 Å². The smallest absolute Gasteiger partial charge is 0.338 e. The Hall–Kier alpha value is -1.03. The molecule has 0 aliphatic rings. The van der Waals surface area contributed by atoms with Gasteiger partial charge >= 0.3 is 5.97 Å². The molecule has 0 fully saturated rings. The van der Waals surface area contributed by atoms with Crippen LogP contribution in [0.3, 0.4) is 0 Å². The molecule has 0 saturated carbocycles. The van der Waals surface area contributed by atoms with E-state index in [0.29, 0.717) is 16.6 Å². The molecule has 0 N–H and O–H groups in total. The lowest BCUT2D eigenvalue weighted by Gasteiger charge is -2.11. The van der Waals surface area contributed by atoms with Crippen LogP contribution in [-0.4, -0.2) is 20.2 Å². The molecule has 82 valence electrons. The van der Waals surface area contributed by atoms with Crippen molar-refractivity contribution in [3.63, 3.8) is 0 Å². The molecule has 1 rings (SSSR count). The Kier molecular flexibility index (Phi) is 4.15. The zero-order valence-electron chi connectivity index (χ0n) is 8.96. The highest BCUT2D eigenvalue weighted by molar-refractivity contribution is 9.08. The fourth-order valence-corrected chi connectivity index (χ4v) is 1.68. The Balaban J connectivity index is 3.30. The SMILES string of the molecule is COC(=O)c1cc(CBr)cc(OC)c1C. The van der Waals surface area contributed by atoms with Gasteiger partial charge in [-0.1, -0.05) is 15.9 Å². The number of carbonyl (C=O) groups is 1. The van der Waals surface area contributed by atoms with Gasteiger partial charge in [0.1, 0.15) is 5.75 Å². The van der Waals surface area contributed by atoms with Gasteiger partial charge in [-0.05, 0) is 24.6 Å². The summed E-state index contributed by atoms with van der Waals surface area (Å²) in [5, 5.41) is 0.674. The highest BCUT2D eigenvalue weighted by Crippen LogP contribution is 2.25. The van der Waals surface area contributed by atoms with Gasteiger partial charge in [-0.15, -0.1) is 0 Å². The molecule has 0 aromatic heterocycles. The minimum Gasteiger partial charge on any atom is -0.496 e. The number of esters is 1. The first-order valence-electron chi connectivity index (χ1n) is 4.45. The Morgan fingerprint density at radius 3 is 2.53 bits per heavy atom. The maximum atomic E-state index is 11.5. The average molecular weight is 273 g/mol. The van der Waals surface area contributed by atoms with E-state index in [9.17, 15) is 4.79 Å². The van der Waals surface area contributed by atoms with Crippen molar-refractivity contribution in [2.45, 2.75) is 12.3 Å². The third-order valence-electron chi connectivity index (χ3n) is 2.20. The molecule has 1 aromatic carbocycles. The minimum absolute atomic E-state index is 0.339. The van der Waals surface area contributed by atoms with E-state index < -0.39 is 0 Å². The van der Waals surface area contributed by atoms with Crippen LogP contribution in [-0.2, 0) is 10.1 Å². The van der Waals surface area contributed by atoms with Crippen LogP contribution in [0.1, 0.15) is 21.5 Å². The lowest BCUT2D eigenvalue weighted by molar-refractivity contribution is 0.0599. The van der Waals surface area contributed by atoms with E-state index >= 15 is 0 Å². The Morgan fingerprint density at radius 2 is 2.07 bits per heavy atom. The molecule has 0 saturated heterocycles. The molecular weight excluding hydrogens is 260 g/mol. The molecule has 4 heteroatoms. The third kappa shape index (κ3) is 2.50. The summed E-state index contributed by atoms with van der Waals surface area (Å²) < 4.78 is 9.90. The summed E-state index contributed by atoms with van der Waals surface area (Å²) >= 11 is 3.34. The average Bonchev–Trinajstić information content (AvgIpc) is 2.28. The van der Waals surface area contributed by atoms with Crippen LogP contribution in [0.2, 0.25) is 0 Å². The molecule has 0 unspecified atom stereocenters. The summed E-state index contributed by atoms with van der Waals surface area (Å²) in [5.74, 6) is 0.362. The maximum Gasteiger partial charge on any atom is 0.338 e. The first kappa shape index (κ1) is 12.0. The lowest BCUT2D eigenvalue weighted by Crippen LogP contribution is -2.06. The van der Waals surface area contributed by atoms with Crippen molar-refractivity contribution < 1.29 is 14.3 Å². The molecule has 0 amide bonds. The normalized spacial score (nSPS) is 9.87. The molecule has 3 nitrogen and oxygen atoms in total. The van der Waals surface area contributed by atoms with Gasteiger partial charge in [0.2, 0.25) is 0 Å². The van der Waals surface area contributed by atoms with Crippen LogP contribution in [0.25, 0.3) is 0 Å². The second kappa shape index (κ2) is 5.16. The third-order valence-corrected chi connectivity index (χ3v) is 2.85. The number of hydrogen-bond acceptors (Lipinski definition) is 3.